The van der Waals surface area contributed by atoms with Gasteiger partial charge in [-0.05, 0) is 41.3 Å². The van der Waals surface area contributed by atoms with Crippen LogP contribution in [0.2, 0.25) is 0 Å². The first-order valence-electron chi connectivity index (χ1n) is 5.29. The highest BCUT2D eigenvalue weighted by Gasteiger charge is 2.15. The second kappa shape index (κ2) is 4.94. The quantitative estimate of drug-likeness (QED) is 0.850. The van der Waals surface area contributed by atoms with E-state index < -0.39 is 0 Å². The number of aromatic nitrogens is 1. The van der Waals surface area contributed by atoms with Gasteiger partial charge in [-0.2, -0.15) is 0 Å². The number of aliphatic hydroxyl groups excluding tert-OH is 1. The highest BCUT2D eigenvalue weighted by molar-refractivity contribution is 9.10. The van der Waals surface area contributed by atoms with E-state index in [0.717, 1.165) is 42.5 Å². The molecule has 0 bridgehead atoms. The second-order valence-corrected chi connectivity index (χ2v) is 4.85. The van der Waals surface area contributed by atoms with Crippen LogP contribution in [0.4, 0.5) is 5.69 Å². The van der Waals surface area contributed by atoms with Gasteiger partial charge in [0.05, 0.1) is 18.0 Å². The van der Waals surface area contributed by atoms with E-state index in [1.165, 1.54) is 0 Å². The minimum absolute atomic E-state index is 0.130. The van der Waals surface area contributed by atoms with Gasteiger partial charge in [-0.15, -0.1) is 0 Å². The molecule has 15 heavy (non-hydrogen) atoms. The van der Waals surface area contributed by atoms with Gasteiger partial charge < -0.3 is 10.0 Å². The van der Waals surface area contributed by atoms with Gasteiger partial charge in [-0.1, -0.05) is 0 Å². The van der Waals surface area contributed by atoms with Crippen molar-refractivity contribution in [1.82, 2.24) is 4.98 Å². The summed E-state index contributed by atoms with van der Waals surface area (Å²) in [6, 6.07) is 2.07. The van der Waals surface area contributed by atoms with Crippen molar-refractivity contribution in [1.29, 1.82) is 0 Å². The van der Waals surface area contributed by atoms with Gasteiger partial charge in [-0.25, -0.2) is 0 Å². The zero-order valence-electron chi connectivity index (χ0n) is 8.56. The molecular formula is C11H15BrN2O. The summed E-state index contributed by atoms with van der Waals surface area (Å²) >= 11 is 3.42. The lowest BCUT2D eigenvalue weighted by Crippen LogP contribution is -2.24. The molecule has 0 saturated carbocycles. The third kappa shape index (κ3) is 2.92. The zero-order valence-corrected chi connectivity index (χ0v) is 10.2. The van der Waals surface area contributed by atoms with Crippen molar-refractivity contribution in [3.63, 3.8) is 0 Å². The fourth-order valence-corrected chi connectivity index (χ4v) is 2.26. The number of hydrogen-bond acceptors (Lipinski definition) is 3. The Morgan fingerprint density at radius 3 is 3.00 bits per heavy atom. The van der Waals surface area contributed by atoms with Gasteiger partial charge in [0.2, 0.25) is 0 Å². The van der Waals surface area contributed by atoms with Crippen molar-refractivity contribution in [2.24, 2.45) is 0 Å². The molecular weight excluding hydrogens is 256 g/mol. The first-order chi connectivity index (χ1) is 7.25. The van der Waals surface area contributed by atoms with Crippen LogP contribution in [0.1, 0.15) is 19.3 Å². The van der Waals surface area contributed by atoms with Crippen LogP contribution < -0.4 is 4.90 Å². The molecule has 2 heterocycles. The minimum atomic E-state index is -0.130. The SMILES string of the molecule is OC1CCCN(c2cncc(Br)c2)CC1. The molecule has 0 radical (unpaired) electrons. The summed E-state index contributed by atoms with van der Waals surface area (Å²) in [6.45, 7) is 1.93. The predicted octanol–water partition coefficient (Wildman–Crippen LogP) is 2.20. The Bertz CT molecular complexity index is 332. The Hall–Kier alpha value is -0.610. The molecule has 1 saturated heterocycles. The normalized spacial score (nSPS) is 22.5. The van der Waals surface area contributed by atoms with Gasteiger partial charge in [0, 0.05) is 23.8 Å². The standard InChI is InChI=1S/C11H15BrN2O/c12-9-6-10(8-13-7-9)14-4-1-2-11(15)3-5-14/h6-8,11,15H,1-5H2. The first kappa shape index (κ1) is 10.9. The molecule has 1 aliphatic heterocycles. The lowest BCUT2D eigenvalue weighted by molar-refractivity contribution is 0.161. The van der Waals surface area contributed by atoms with Crippen molar-refractivity contribution in [3.8, 4) is 0 Å². The third-order valence-electron chi connectivity index (χ3n) is 2.75. The first-order valence-corrected chi connectivity index (χ1v) is 6.08. The Labute approximate surface area is 98.3 Å². The van der Waals surface area contributed by atoms with Crippen LogP contribution in [0.3, 0.4) is 0 Å². The maximum absolute atomic E-state index is 9.56. The van der Waals surface area contributed by atoms with Gasteiger partial charge in [0.25, 0.3) is 0 Å². The summed E-state index contributed by atoms with van der Waals surface area (Å²) in [5, 5.41) is 9.56. The fraction of sp³-hybridized carbons (Fsp3) is 0.545. The highest BCUT2D eigenvalue weighted by Crippen LogP contribution is 2.21. The molecule has 82 valence electrons. The molecule has 1 aliphatic rings. The number of hydrogen-bond donors (Lipinski definition) is 1. The summed E-state index contributed by atoms with van der Waals surface area (Å²) < 4.78 is 1.00. The van der Waals surface area contributed by atoms with Gasteiger partial charge in [0.1, 0.15) is 0 Å². The molecule has 1 aromatic heterocycles. The van der Waals surface area contributed by atoms with Gasteiger partial charge >= 0.3 is 0 Å². The Balaban J connectivity index is 2.09. The Morgan fingerprint density at radius 1 is 1.33 bits per heavy atom. The summed E-state index contributed by atoms with van der Waals surface area (Å²) in [7, 11) is 0. The monoisotopic (exact) mass is 270 g/mol. The molecule has 4 heteroatoms. The molecule has 3 nitrogen and oxygen atoms in total. The summed E-state index contributed by atoms with van der Waals surface area (Å²) in [4.78, 5) is 6.44. The van der Waals surface area contributed by atoms with Gasteiger partial charge in [-0.3, -0.25) is 4.98 Å². The van der Waals surface area contributed by atoms with Crippen molar-refractivity contribution in [2.75, 3.05) is 18.0 Å². The summed E-state index contributed by atoms with van der Waals surface area (Å²) in [6.07, 6.45) is 6.35. The molecule has 1 aromatic rings. The van der Waals surface area contributed by atoms with Crippen LogP contribution in [-0.2, 0) is 0 Å². The molecule has 0 amide bonds. The summed E-state index contributed by atoms with van der Waals surface area (Å²) in [5.74, 6) is 0. The minimum Gasteiger partial charge on any atom is -0.393 e. The van der Waals surface area contributed by atoms with E-state index >= 15 is 0 Å². The van der Waals surface area contributed by atoms with E-state index in [2.05, 4.69) is 31.9 Å². The van der Waals surface area contributed by atoms with E-state index in [9.17, 15) is 5.11 Å². The van der Waals surface area contributed by atoms with E-state index in [0.29, 0.717) is 0 Å². The third-order valence-corrected chi connectivity index (χ3v) is 3.19. The number of rotatable bonds is 1. The molecule has 1 atom stereocenters. The lowest BCUT2D eigenvalue weighted by atomic mass is 10.2. The maximum Gasteiger partial charge on any atom is 0.0564 e. The zero-order chi connectivity index (χ0) is 10.7. The largest absolute Gasteiger partial charge is 0.393 e. The molecule has 1 fully saturated rings. The molecule has 1 N–H and O–H groups in total. The van der Waals surface area contributed by atoms with E-state index in [-0.39, 0.29) is 6.10 Å². The number of aliphatic hydroxyl groups is 1. The van der Waals surface area contributed by atoms with Crippen molar-refractivity contribution in [3.05, 3.63) is 22.9 Å². The van der Waals surface area contributed by atoms with E-state index in [1.54, 1.807) is 6.20 Å². The summed E-state index contributed by atoms with van der Waals surface area (Å²) in [5.41, 5.74) is 1.14. The van der Waals surface area contributed by atoms with Crippen LogP contribution in [0.15, 0.2) is 22.9 Å². The second-order valence-electron chi connectivity index (χ2n) is 3.93. The van der Waals surface area contributed by atoms with Crippen LogP contribution in [0.25, 0.3) is 0 Å². The Kier molecular flexibility index (Phi) is 3.59. The average molecular weight is 271 g/mol. The topological polar surface area (TPSA) is 36.4 Å². The van der Waals surface area contributed by atoms with Crippen LogP contribution in [0.5, 0.6) is 0 Å². The highest BCUT2D eigenvalue weighted by atomic mass is 79.9. The number of anilines is 1. The van der Waals surface area contributed by atoms with Crippen LogP contribution in [0, 0.1) is 0 Å². The van der Waals surface area contributed by atoms with Crippen molar-refractivity contribution < 1.29 is 5.11 Å². The fourth-order valence-electron chi connectivity index (χ4n) is 1.91. The molecule has 1 unspecified atom stereocenters. The predicted molar refractivity (Wildman–Crippen MR) is 64.0 cm³/mol. The van der Waals surface area contributed by atoms with E-state index in [4.69, 9.17) is 0 Å². The van der Waals surface area contributed by atoms with Gasteiger partial charge in [0.15, 0.2) is 0 Å². The average Bonchev–Trinajstić information content (AvgIpc) is 2.43. The smallest absolute Gasteiger partial charge is 0.0564 e. The molecule has 0 aromatic carbocycles. The number of pyridine rings is 1. The number of nitrogens with zero attached hydrogens (tertiary/aromatic N) is 2. The van der Waals surface area contributed by atoms with Crippen LogP contribution >= 0.6 is 15.9 Å². The lowest BCUT2D eigenvalue weighted by Gasteiger charge is -2.22. The number of halogens is 1. The van der Waals surface area contributed by atoms with Crippen LogP contribution in [-0.4, -0.2) is 29.3 Å². The Morgan fingerprint density at radius 2 is 2.20 bits per heavy atom. The maximum atomic E-state index is 9.56. The van der Waals surface area contributed by atoms with Crippen molar-refractivity contribution >= 4 is 21.6 Å². The van der Waals surface area contributed by atoms with E-state index in [1.807, 2.05) is 6.20 Å². The molecule has 0 aliphatic carbocycles. The molecule has 2 rings (SSSR count). The van der Waals surface area contributed by atoms with Crippen molar-refractivity contribution in [2.45, 2.75) is 25.4 Å². The molecule has 0 spiro atoms.